The highest BCUT2D eigenvalue weighted by atomic mass is 32.2. The molecule has 1 spiro atoms. The minimum atomic E-state index is -1.11. The van der Waals surface area contributed by atoms with Crippen molar-refractivity contribution in [3.63, 3.8) is 0 Å². The standard InChI is InChI=1S/C24H21FN2O2S2/c1-23(2)15-27(21(28)20-8-5-13-30-20)24(31-23)18-6-3-4-7-19(18)26(22(24)29)14-16-9-11-17(25)12-10-16/h3-13H,14-15H2,1-2H3. The summed E-state index contributed by atoms with van der Waals surface area (Å²) in [5.74, 6) is -0.562. The summed E-state index contributed by atoms with van der Waals surface area (Å²) in [4.78, 5) is 30.6. The van der Waals surface area contributed by atoms with Crippen LogP contribution >= 0.6 is 23.1 Å². The Morgan fingerprint density at radius 1 is 1.06 bits per heavy atom. The minimum Gasteiger partial charge on any atom is -0.309 e. The highest BCUT2D eigenvalue weighted by molar-refractivity contribution is 8.02. The number of thioether (sulfide) groups is 1. The Kier molecular flexibility index (Phi) is 4.71. The maximum Gasteiger partial charge on any atom is 0.268 e. The average molecular weight is 453 g/mol. The molecule has 4 nitrogen and oxygen atoms in total. The molecule has 1 aromatic heterocycles. The van der Waals surface area contributed by atoms with Crippen molar-refractivity contribution < 1.29 is 14.0 Å². The number of rotatable bonds is 3. The number of fused-ring (bicyclic) bond motifs is 2. The van der Waals surface area contributed by atoms with Crippen LogP contribution in [0.25, 0.3) is 0 Å². The van der Waals surface area contributed by atoms with Crippen LogP contribution in [0, 0.1) is 5.82 Å². The molecule has 0 saturated carbocycles. The Morgan fingerprint density at radius 3 is 2.52 bits per heavy atom. The molecular weight excluding hydrogens is 431 g/mol. The maximum atomic E-state index is 14.1. The average Bonchev–Trinajstić information content (AvgIpc) is 3.43. The number of anilines is 1. The van der Waals surface area contributed by atoms with Crippen LogP contribution in [-0.4, -0.2) is 28.0 Å². The predicted molar refractivity (Wildman–Crippen MR) is 123 cm³/mol. The molecule has 2 aromatic carbocycles. The fourth-order valence-corrected chi connectivity index (χ4v) is 6.82. The van der Waals surface area contributed by atoms with Crippen molar-refractivity contribution in [2.75, 3.05) is 11.4 Å². The van der Waals surface area contributed by atoms with E-state index in [4.69, 9.17) is 0 Å². The first-order chi connectivity index (χ1) is 14.8. The van der Waals surface area contributed by atoms with E-state index in [9.17, 15) is 14.0 Å². The molecule has 0 radical (unpaired) electrons. The molecule has 2 amide bonds. The molecular formula is C24H21FN2O2S2. The molecule has 3 heterocycles. The van der Waals surface area contributed by atoms with Gasteiger partial charge in [-0.05, 0) is 49.1 Å². The van der Waals surface area contributed by atoms with Crippen molar-refractivity contribution in [2.24, 2.45) is 0 Å². The van der Waals surface area contributed by atoms with E-state index in [0.29, 0.717) is 18.0 Å². The monoisotopic (exact) mass is 452 g/mol. The Bertz CT molecular complexity index is 1160. The second kappa shape index (κ2) is 7.21. The number of carbonyl (C=O) groups excluding carboxylic acids is 2. The van der Waals surface area contributed by atoms with Gasteiger partial charge in [0.2, 0.25) is 0 Å². The van der Waals surface area contributed by atoms with E-state index in [1.54, 1.807) is 28.0 Å². The smallest absolute Gasteiger partial charge is 0.268 e. The van der Waals surface area contributed by atoms with Gasteiger partial charge in [-0.25, -0.2) is 4.39 Å². The molecule has 3 aromatic rings. The van der Waals surface area contributed by atoms with Gasteiger partial charge >= 0.3 is 0 Å². The minimum absolute atomic E-state index is 0.125. The predicted octanol–water partition coefficient (Wildman–Crippen LogP) is 5.25. The summed E-state index contributed by atoms with van der Waals surface area (Å²) < 4.78 is 13.1. The molecule has 5 rings (SSSR count). The molecule has 1 fully saturated rings. The highest BCUT2D eigenvalue weighted by Gasteiger charge is 2.63. The number of hydrogen-bond donors (Lipinski definition) is 0. The summed E-state index contributed by atoms with van der Waals surface area (Å²) in [7, 11) is 0. The van der Waals surface area contributed by atoms with Gasteiger partial charge in [0.05, 0.1) is 17.1 Å². The Hall–Kier alpha value is -2.64. The van der Waals surface area contributed by atoms with E-state index in [0.717, 1.165) is 16.8 Å². The molecule has 31 heavy (non-hydrogen) atoms. The van der Waals surface area contributed by atoms with Gasteiger partial charge in [0.15, 0.2) is 4.87 Å². The summed E-state index contributed by atoms with van der Waals surface area (Å²) in [6.07, 6.45) is 0. The van der Waals surface area contributed by atoms with Crippen molar-refractivity contribution in [1.29, 1.82) is 0 Å². The van der Waals surface area contributed by atoms with Gasteiger partial charge in [-0.15, -0.1) is 23.1 Å². The normalized spacial score (nSPS) is 21.7. The van der Waals surface area contributed by atoms with Crippen molar-refractivity contribution in [1.82, 2.24) is 4.90 Å². The lowest BCUT2D eigenvalue weighted by Crippen LogP contribution is -2.50. The van der Waals surface area contributed by atoms with Crippen LogP contribution in [0.15, 0.2) is 66.0 Å². The molecule has 7 heteroatoms. The SMILES string of the molecule is CC1(C)CN(C(=O)c2cccs2)C2(S1)C(=O)N(Cc1ccc(F)cc1)c1ccccc12. The number of hydrogen-bond acceptors (Lipinski definition) is 4. The third-order valence-electron chi connectivity index (χ3n) is 5.67. The van der Waals surface area contributed by atoms with Crippen molar-refractivity contribution in [3.8, 4) is 0 Å². The second-order valence-electron chi connectivity index (χ2n) is 8.41. The fraction of sp³-hybridized carbons (Fsp3) is 0.250. The van der Waals surface area contributed by atoms with Gasteiger partial charge in [-0.3, -0.25) is 9.59 Å². The third kappa shape index (κ3) is 3.18. The quantitative estimate of drug-likeness (QED) is 0.545. The van der Waals surface area contributed by atoms with Crippen LogP contribution in [0.5, 0.6) is 0 Å². The molecule has 0 N–H and O–H groups in total. The van der Waals surface area contributed by atoms with E-state index in [1.807, 2.05) is 35.7 Å². The molecule has 2 aliphatic rings. The maximum absolute atomic E-state index is 14.1. The molecule has 0 aliphatic carbocycles. The summed E-state index contributed by atoms with van der Waals surface area (Å²) in [5.41, 5.74) is 2.47. The molecule has 0 bridgehead atoms. The van der Waals surface area contributed by atoms with Crippen molar-refractivity contribution in [2.45, 2.75) is 30.0 Å². The zero-order chi connectivity index (χ0) is 21.8. The van der Waals surface area contributed by atoms with Crippen LogP contribution in [0.1, 0.15) is 34.6 Å². The van der Waals surface area contributed by atoms with Gasteiger partial charge in [-0.2, -0.15) is 0 Å². The van der Waals surface area contributed by atoms with Crippen LogP contribution in [-0.2, 0) is 16.2 Å². The summed E-state index contributed by atoms with van der Waals surface area (Å²) in [6, 6.07) is 17.5. The first-order valence-electron chi connectivity index (χ1n) is 10.0. The number of para-hydroxylation sites is 1. The Morgan fingerprint density at radius 2 is 1.81 bits per heavy atom. The van der Waals surface area contributed by atoms with Crippen LogP contribution in [0.2, 0.25) is 0 Å². The molecule has 1 saturated heterocycles. The second-order valence-corrected chi connectivity index (χ2v) is 11.3. The van der Waals surface area contributed by atoms with E-state index in [1.165, 1.54) is 35.2 Å². The lowest BCUT2D eigenvalue weighted by Gasteiger charge is -2.33. The summed E-state index contributed by atoms with van der Waals surface area (Å²) >= 11 is 2.92. The molecule has 1 unspecified atom stereocenters. The topological polar surface area (TPSA) is 40.6 Å². The summed E-state index contributed by atoms with van der Waals surface area (Å²) in [6.45, 7) is 4.93. The Balaban J connectivity index is 1.62. The van der Waals surface area contributed by atoms with Crippen molar-refractivity contribution >= 4 is 40.6 Å². The fourth-order valence-electron chi connectivity index (χ4n) is 4.42. The largest absolute Gasteiger partial charge is 0.309 e. The third-order valence-corrected chi connectivity index (χ3v) is 8.12. The zero-order valence-electron chi connectivity index (χ0n) is 17.2. The lowest BCUT2D eigenvalue weighted by molar-refractivity contribution is -0.123. The number of carbonyl (C=O) groups is 2. The van der Waals surface area contributed by atoms with E-state index in [2.05, 4.69) is 13.8 Å². The van der Waals surface area contributed by atoms with Gasteiger partial charge in [-0.1, -0.05) is 36.4 Å². The van der Waals surface area contributed by atoms with Gasteiger partial charge in [0.25, 0.3) is 11.8 Å². The number of thiophene rings is 1. The zero-order valence-corrected chi connectivity index (χ0v) is 18.8. The number of amides is 2. The molecule has 1 atom stereocenters. The van der Waals surface area contributed by atoms with Gasteiger partial charge in [0.1, 0.15) is 5.82 Å². The number of benzene rings is 2. The number of halogens is 1. The van der Waals surface area contributed by atoms with Crippen LogP contribution in [0.4, 0.5) is 10.1 Å². The van der Waals surface area contributed by atoms with E-state index < -0.39 is 4.87 Å². The lowest BCUT2D eigenvalue weighted by atomic mass is 10.0. The first-order valence-corrected chi connectivity index (χ1v) is 11.7. The van der Waals surface area contributed by atoms with Crippen LogP contribution < -0.4 is 4.90 Å². The van der Waals surface area contributed by atoms with Crippen LogP contribution in [0.3, 0.4) is 0 Å². The van der Waals surface area contributed by atoms with Gasteiger partial charge in [0, 0.05) is 16.9 Å². The molecule has 158 valence electrons. The molecule has 2 aliphatic heterocycles. The van der Waals surface area contributed by atoms with E-state index in [-0.39, 0.29) is 22.4 Å². The van der Waals surface area contributed by atoms with Gasteiger partial charge < -0.3 is 9.80 Å². The van der Waals surface area contributed by atoms with E-state index >= 15 is 0 Å². The Labute approximate surface area is 188 Å². The highest BCUT2D eigenvalue weighted by Crippen LogP contribution is 2.60. The van der Waals surface area contributed by atoms with Crippen molar-refractivity contribution in [3.05, 3.63) is 87.9 Å². The first kappa shape index (κ1) is 20.3. The number of nitrogens with zero attached hydrogens (tertiary/aromatic N) is 2. The summed E-state index contributed by atoms with van der Waals surface area (Å²) in [5, 5.41) is 1.87.